The third kappa shape index (κ3) is 3.19. The Labute approximate surface area is 93.6 Å². The Kier molecular flexibility index (Phi) is 4.02. The fourth-order valence-electron chi connectivity index (χ4n) is 1.11. The van der Waals surface area contributed by atoms with E-state index in [-0.39, 0.29) is 0 Å². The summed E-state index contributed by atoms with van der Waals surface area (Å²) in [5.41, 5.74) is 6.23. The number of carbonyl (C=O) groups excluding carboxylic acids is 1. The van der Waals surface area contributed by atoms with Crippen LogP contribution in [-0.2, 0) is 0 Å². The van der Waals surface area contributed by atoms with Gasteiger partial charge in [0.15, 0.2) is 0 Å². The van der Waals surface area contributed by atoms with Crippen molar-refractivity contribution in [3.63, 3.8) is 0 Å². The van der Waals surface area contributed by atoms with Gasteiger partial charge in [-0.05, 0) is 25.1 Å². The van der Waals surface area contributed by atoms with Crippen LogP contribution in [0, 0.1) is 11.8 Å². The molecule has 1 amide bonds. The summed E-state index contributed by atoms with van der Waals surface area (Å²) in [7, 11) is 0. The first-order chi connectivity index (χ1) is 7.15. The molecule has 0 radical (unpaired) electrons. The lowest BCUT2D eigenvalue weighted by Crippen LogP contribution is -2.14. The average Bonchev–Trinajstić information content (AvgIpc) is 2.18. The van der Waals surface area contributed by atoms with E-state index in [2.05, 4.69) is 17.2 Å². The summed E-state index contributed by atoms with van der Waals surface area (Å²) in [4.78, 5) is 11.1. The van der Waals surface area contributed by atoms with E-state index in [9.17, 15) is 4.79 Å². The van der Waals surface area contributed by atoms with Gasteiger partial charge in [-0.3, -0.25) is 4.79 Å². The number of primary amides is 1. The van der Waals surface area contributed by atoms with Gasteiger partial charge >= 0.3 is 0 Å². The van der Waals surface area contributed by atoms with Gasteiger partial charge in [0.25, 0.3) is 5.91 Å². The number of anilines is 1. The molecular formula is C11H11ClN2O. The van der Waals surface area contributed by atoms with E-state index in [1.807, 2.05) is 0 Å². The lowest BCUT2D eigenvalue weighted by Gasteiger charge is -2.07. The molecule has 4 heteroatoms. The van der Waals surface area contributed by atoms with E-state index >= 15 is 0 Å². The lowest BCUT2D eigenvalue weighted by molar-refractivity contribution is 0.100. The van der Waals surface area contributed by atoms with Gasteiger partial charge in [0.2, 0.25) is 0 Å². The predicted octanol–water partition coefficient (Wildman–Crippen LogP) is 1.87. The van der Waals surface area contributed by atoms with Gasteiger partial charge in [-0.25, -0.2) is 0 Å². The highest BCUT2D eigenvalue weighted by Crippen LogP contribution is 2.20. The maximum Gasteiger partial charge on any atom is 0.250 e. The molecule has 0 aliphatic carbocycles. The van der Waals surface area contributed by atoms with Crippen molar-refractivity contribution in [3.8, 4) is 11.8 Å². The summed E-state index contributed by atoms with van der Waals surface area (Å²) in [5.74, 6) is 5.08. The van der Waals surface area contributed by atoms with Crippen molar-refractivity contribution in [3.05, 3.63) is 28.8 Å². The van der Waals surface area contributed by atoms with Crippen molar-refractivity contribution in [1.82, 2.24) is 0 Å². The monoisotopic (exact) mass is 222 g/mol. The second kappa shape index (κ2) is 5.28. The van der Waals surface area contributed by atoms with Crippen molar-refractivity contribution < 1.29 is 4.79 Å². The van der Waals surface area contributed by atoms with Crippen LogP contribution in [0.15, 0.2) is 18.2 Å². The summed E-state index contributed by atoms with van der Waals surface area (Å²) >= 11 is 5.81. The van der Waals surface area contributed by atoms with Crippen LogP contribution in [0.3, 0.4) is 0 Å². The number of nitrogens with two attached hydrogens (primary N) is 1. The first-order valence-electron chi connectivity index (χ1n) is 4.38. The highest BCUT2D eigenvalue weighted by molar-refractivity contribution is 6.31. The SMILES string of the molecule is CC#CCNc1cc(Cl)ccc1C(N)=O. The molecular weight excluding hydrogens is 212 g/mol. The lowest BCUT2D eigenvalue weighted by atomic mass is 10.1. The Morgan fingerprint density at radius 3 is 2.93 bits per heavy atom. The molecule has 0 aliphatic heterocycles. The Morgan fingerprint density at radius 2 is 2.33 bits per heavy atom. The number of carbonyl (C=O) groups is 1. The molecule has 1 rings (SSSR count). The standard InChI is InChI=1S/C11H11ClN2O/c1-2-3-6-14-10-7-8(12)4-5-9(10)11(13)15/h4-5,7,14H,6H2,1H3,(H2,13,15). The molecule has 0 bridgehead atoms. The molecule has 0 spiro atoms. The van der Waals surface area contributed by atoms with Crippen LogP contribution in [-0.4, -0.2) is 12.5 Å². The molecule has 0 atom stereocenters. The van der Waals surface area contributed by atoms with Crippen molar-refractivity contribution in [2.24, 2.45) is 5.73 Å². The van der Waals surface area contributed by atoms with Crippen LogP contribution in [0.2, 0.25) is 5.02 Å². The molecule has 0 aromatic heterocycles. The van der Waals surface area contributed by atoms with E-state index in [4.69, 9.17) is 17.3 Å². The number of hydrogen-bond acceptors (Lipinski definition) is 2. The number of rotatable bonds is 3. The minimum atomic E-state index is -0.487. The molecule has 0 heterocycles. The van der Waals surface area contributed by atoms with Crippen LogP contribution in [0.5, 0.6) is 0 Å². The highest BCUT2D eigenvalue weighted by atomic mass is 35.5. The minimum absolute atomic E-state index is 0.414. The summed E-state index contributed by atoms with van der Waals surface area (Å²) < 4.78 is 0. The van der Waals surface area contributed by atoms with Crippen LogP contribution in [0.1, 0.15) is 17.3 Å². The molecule has 1 aromatic carbocycles. The summed E-state index contributed by atoms with van der Waals surface area (Å²) in [6.07, 6.45) is 0. The van der Waals surface area contributed by atoms with E-state index in [0.717, 1.165) is 0 Å². The van der Waals surface area contributed by atoms with Crippen LogP contribution in [0.4, 0.5) is 5.69 Å². The number of amides is 1. The molecule has 0 saturated carbocycles. The van der Waals surface area contributed by atoms with E-state index in [1.165, 1.54) is 0 Å². The Balaban J connectivity index is 2.95. The largest absolute Gasteiger partial charge is 0.373 e. The molecule has 1 aromatic rings. The van der Waals surface area contributed by atoms with Gasteiger partial charge in [-0.15, -0.1) is 5.92 Å². The average molecular weight is 223 g/mol. The molecule has 0 saturated heterocycles. The number of halogens is 1. The summed E-state index contributed by atoms with van der Waals surface area (Å²) in [6, 6.07) is 4.86. The second-order valence-electron chi connectivity index (χ2n) is 2.83. The normalized spacial score (nSPS) is 8.93. The first-order valence-corrected chi connectivity index (χ1v) is 4.75. The number of hydrogen-bond donors (Lipinski definition) is 2. The molecule has 0 fully saturated rings. The van der Waals surface area contributed by atoms with Gasteiger partial charge in [0, 0.05) is 10.7 Å². The minimum Gasteiger partial charge on any atom is -0.373 e. The maximum absolute atomic E-state index is 11.1. The molecule has 3 nitrogen and oxygen atoms in total. The molecule has 78 valence electrons. The van der Waals surface area contributed by atoms with Crippen LogP contribution >= 0.6 is 11.6 Å². The van der Waals surface area contributed by atoms with Crippen LogP contribution in [0.25, 0.3) is 0 Å². The first kappa shape index (κ1) is 11.4. The number of benzene rings is 1. The van der Waals surface area contributed by atoms with Gasteiger partial charge in [0.1, 0.15) is 0 Å². The van der Waals surface area contributed by atoms with E-state index < -0.39 is 5.91 Å². The Morgan fingerprint density at radius 1 is 1.60 bits per heavy atom. The smallest absolute Gasteiger partial charge is 0.250 e. The quantitative estimate of drug-likeness (QED) is 0.768. The molecule has 0 aliphatic rings. The van der Waals surface area contributed by atoms with Crippen molar-refractivity contribution in [1.29, 1.82) is 0 Å². The summed E-state index contributed by atoms with van der Waals surface area (Å²) in [6.45, 7) is 2.20. The summed E-state index contributed by atoms with van der Waals surface area (Å²) in [5, 5.41) is 3.53. The van der Waals surface area contributed by atoms with E-state index in [0.29, 0.717) is 22.8 Å². The molecule has 3 N–H and O–H groups in total. The van der Waals surface area contributed by atoms with Gasteiger partial charge < -0.3 is 11.1 Å². The maximum atomic E-state index is 11.1. The van der Waals surface area contributed by atoms with Gasteiger partial charge in [-0.1, -0.05) is 17.5 Å². The fraction of sp³-hybridized carbons (Fsp3) is 0.182. The third-order valence-electron chi connectivity index (χ3n) is 1.79. The molecule has 15 heavy (non-hydrogen) atoms. The zero-order valence-corrected chi connectivity index (χ0v) is 9.06. The topological polar surface area (TPSA) is 55.1 Å². The highest BCUT2D eigenvalue weighted by Gasteiger charge is 2.07. The van der Waals surface area contributed by atoms with Crippen molar-refractivity contribution >= 4 is 23.2 Å². The zero-order chi connectivity index (χ0) is 11.3. The fourth-order valence-corrected chi connectivity index (χ4v) is 1.28. The van der Waals surface area contributed by atoms with Gasteiger partial charge in [-0.2, -0.15) is 0 Å². The molecule has 0 unspecified atom stereocenters. The number of nitrogens with one attached hydrogen (secondary N) is 1. The predicted molar refractivity (Wildman–Crippen MR) is 61.9 cm³/mol. The van der Waals surface area contributed by atoms with Gasteiger partial charge in [0.05, 0.1) is 12.1 Å². The Bertz CT molecular complexity index is 432. The second-order valence-corrected chi connectivity index (χ2v) is 3.27. The third-order valence-corrected chi connectivity index (χ3v) is 2.03. The van der Waals surface area contributed by atoms with Crippen LogP contribution < -0.4 is 11.1 Å². The van der Waals surface area contributed by atoms with Crippen molar-refractivity contribution in [2.75, 3.05) is 11.9 Å². The van der Waals surface area contributed by atoms with Crippen molar-refractivity contribution in [2.45, 2.75) is 6.92 Å². The van der Waals surface area contributed by atoms with E-state index in [1.54, 1.807) is 25.1 Å². The Hall–Kier alpha value is -1.66. The zero-order valence-electron chi connectivity index (χ0n) is 8.30.